The normalized spacial score (nSPS) is 31.4. The van der Waals surface area contributed by atoms with Gasteiger partial charge in [0.05, 0.1) is 13.0 Å². The maximum atomic E-state index is 12.3. The van der Waals surface area contributed by atoms with Crippen molar-refractivity contribution in [3.63, 3.8) is 0 Å². The number of halogens is 1. The zero-order chi connectivity index (χ0) is 16.8. The van der Waals surface area contributed by atoms with Crippen LogP contribution in [-0.2, 0) is 9.53 Å². The summed E-state index contributed by atoms with van der Waals surface area (Å²) in [6, 6.07) is 7.16. The number of fused-ring (bicyclic) bond motifs is 1. The Hall–Kier alpha value is -1.62. The lowest BCUT2D eigenvalue weighted by Crippen LogP contribution is -2.65. The summed E-state index contributed by atoms with van der Waals surface area (Å²) in [6.45, 7) is 4.20. The van der Waals surface area contributed by atoms with E-state index in [2.05, 4.69) is 19.2 Å². The molecule has 0 spiro atoms. The summed E-state index contributed by atoms with van der Waals surface area (Å²) in [5.41, 5.74) is -0.118. The Bertz CT molecular complexity index is 693. The topological polar surface area (TPSA) is 58.6 Å². The number of ether oxygens (including phenoxy) is 1. The highest BCUT2D eigenvalue weighted by Crippen LogP contribution is 2.52. The van der Waals surface area contributed by atoms with Gasteiger partial charge in [-0.05, 0) is 17.7 Å². The third kappa shape index (κ3) is 2.42. The molecule has 5 heteroatoms. The maximum absolute atomic E-state index is 12.3. The molecule has 1 aromatic rings. The van der Waals surface area contributed by atoms with Crippen molar-refractivity contribution in [3.8, 4) is 0 Å². The Balaban J connectivity index is 2.09. The zero-order valence-corrected chi connectivity index (χ0v) is 14.1. The number of rotatable bonds is 2. The molecule has 23 heavy (non-hydrogen) atoms. The molecule has 0 radical (unpaired) electrons. The van der Waals surface area contributed by atoms with Gasteiger partial charge in [-0.2, -0.15) is 0 Å². The lowest BCUT2D eigenvalue weighted by Gasteiger charge is -2.50. The molecule has 1 aliphatic heterocycles. The monoisotopic (exact) mass is 333 g/mol. The zero-order valence-electron chi connectivity index (χ0n) is 13.3. The van der Waals surface area contributed by atoms with Crippen LogP contribution in [0.2, 0.25) is 5.02 Å². The first kappa shape index (κ1) is 16.2. The van der Waals surface area contributed by atoms with E-state index in [1.807, 2.05) is 30.4 Å². The highest BCUT2D eigenvalue weighted by atomic mass is 35.5. The van der Waals surface area contributed by atoms with Crippen molar-refractivity contribution < 1.29 is 14.6 Å². The third-order valence-electron chi connectivity index (χ3n) is 4.89. The largest absolute Gasteiger partial charge is 0.466 e. The third-order valence-corrected chi connectivity index (χ3v) is 5.15. The van der Waals surface area contributed by atoms with E-state index in [-0.39, 0.29) is 11.5 Å². The number of methoxy groups -OCH3 is 1. The average Bonchev–Trinajstić information content (AvgIpc) is 3.03. The van der Waals surface area contributed by atoms with Crippen LogP contribution in [0, 0.1) is 11.3 Å². The predicted octanol–water partition coefficient (Wildman–Crippen LogP) is 2.98. The van der Waals surface area contributed by atoms with E-state index in [9.17, 15) is 9.90 Å². The van der Waals surface area contributed by atoms with Crippen molar-refractivity contribution in [2.45, 2.75) is 25.6 Å². The van der Waals surface area contributed by atoms with Crippen molar-refractivity contribution in [3.05, 3.63) is 58.7 Å². The van der Waals surface area contributed by atoms with Crippen molar-refractivity contribution in [2.24, 2.45) is 11.3 Å². The highest BCUT2D eigenvalue weighted by molar-refractivity contribution is 6.30. The minimum absolute atomic E-state index is 0.258. The van der Waals surface area contributed by atoms with E-state index in [0.717, 1.165) is 11.1 Å². The van der Waals surface area contributed by atoms with Gasteiger partial charge in [-0.15, -0.1) is 0 Å². The maximum Gasteiger partial charge on any atom is 0.354 e. The number of hydrogen-bond donors (Lipinski definition) is 2. The van der Waals surface area contributed by atoms with Crippen LogP contribution in [0.4, 0.5) is 0 Å². The van der Waals surface area contributed by atoms with Gasteiger partial charge in [-0.25, -0.2) is 4.79 Å². The van der Waals surface area contributed by atoms with Gasteiger partial charge in [0.25, 0.3) is 0 Å². The molecule has 2 N–H and O–H groups in total. The first-order valence-electron chi connectivity index (χ1n) is 7.53. The van der Waals surface area contributed by atoms with Crippen LogP contribution in [0.1, 0.15) is 25.5 Å². The highest BCUT2D eigenvalue weighted by Gasteiger charge is 2.57. The number of carbonyl (C=O) groups excluding carboxylic acids is 1. The van der Waals surface area contributed by atoms with Crippen molar-refractivity contribution in [1.82, 2.24) is 5.32 Å². The molecule has 0 aromatic heterocycles. The van der Waals surface area contributed by atoms with Gasteiger partial charge in [0.1, 0.15) is 0 Å². The summed E-state index contributed by atoms with van der Waals surface area (Å²) in [6.07, 6.45) is 5.68. The van der Waals surface area contributed by atoms with Crippen LogP contribution in [0.3, 0.4) is 0 Å². The molecule has 1 saturated heterocycles. The number of piperidine rings is 1. The van der Waals surface area contributed by atoms with E-state index in [1.54, 1.807) is 12.1 Å². The molecule has 4 nitrogen and oxygen atoms in total. The predicted molar refractivity (Wildman–Crippen MR) is 88.8 cm³/mol. The molecule has 1 aromatic carbocycles. The molecule has 122 valence electrons. The molecular formula is C18H20ClNO3. The molecule has 3 rings (SSSR count). The SMILES string of the molecule is COC(=O)C1(O)NC(c2ccc(Cl)cc2)C(C)(C)C2=CC=CC21. The molecule has 0 saturated carbocycles. The molecule has 1 aliphatic carbocycles. The standard InChI is InChI=1S/C18H20ClNO3/c1-17(2)13-5-4-6-14(13)18(22,16(21)23-3)20-15(17)11-7-9-12(19)10-8-11/h4-10,14-15,20,22H,1-3H3. The second-order valence-electron chi connectivity index (χ2n) is 6.59. The Morgan fingerprint density at radius 2 is 1.96 bits per heavy atom. The van der Waals surface area contributed by atoms with Crippen LogP contribution in [0.15, 0.2) is 48.1 Å². The van der Waals surface area contributed by atoms with E-state index in [1.165, 1.54) is 7.11 Å². The summed E-state index contributed by atoms with van der Waals surface area (Å²) in [5, 5.41) is 14.8. The summed E-state index contributed by atoms with van der Waals surface area (Å²) < 4.78 is 4.84. The quantitative estimate of drug-likeness (QED) is 0.817. The van der Waals surface area contributed by atoms with E-state index >= 15 is 0 Å². The van der Waals surface area contributed by atoms with E-state index in [0.29, 0.717) is 5.02 Å². The Morgan fingerprint density at radius 1 is 1.30 bits per heavy atom. The molecule has 1 fully saturated rings. The number of hydrogen-bond acceptors (Lipinski definition) is 4. The van der Waals surface area contributed by atoms with Crippen molar-refractivity contribution >= 4 is 17.6 Å². The number of allylic oxidation sites excluding steroid dienone is 2. The van der Waals surface area contributed by atoms with E-state index in [4.69, 9.17) is 16.3 Å². The number of esters is 1. The summed E-state index contributed by atoms with van der Waals surface area (Å²) in [4.78, 5) is 12.3. The van der Waals surface area contributed by atoms with E-state index < -0.39 is 17.6 Å². The van der Waals surface area contributed by atoms with Gasteiger partial charge in [0.15, 0.2) is 0 Å². The smallest absolute Gasteiger partial charge is 0.354 e. The Morgan fingerprint density at radius 3 is 2.57 bits per heavy atom. The molecule has 3 unspecified atom stereocenters. The second kappa shape index (κ2) is 5.48. The van der Waals surface area contributed by atoms with Crippen molar-refractivity contribution in [2.75, 3.05) is 7.11 Å². The lowest BCUT2D eigenvalue weighted by atomic mass is 9.65. The van der Waals surface area contributed by atoms with Crippen LogP contribution in [-0.4, -0.2) is 23.9 Å². The van der Waals surface area contributed by atoms with Gasteiger partial charge in [-0.1, -0.05) is 61.4 Å². The fraction of sp³-hybridized carbons (Fsp3) is 0.389. The lowest BCUT2D eigenvalue weighted by molar-refractivity contribution is -0.176. The van der Waals surface area contributed by atoms with Crippen LogP contribution in [0.25, 0.3) is 0 Å². The molecule has 3 atom stereocenters. The molecule has 2 aliphatic rings. The van der Waals surface area contributed by atoms with Gasteiger partial charge < -0.3 is 9.84 Å². The summed E-state index contributed by atoms with van der Waals surface area (Å²) in [5.74, 6) is -1.12. The second-order valence-corrected chi connectivity index (χ2v) is 7.03. The van der Waals surface area contributed by atoms with Gasteiger partial charge in [0, 0.05) is 16.5 Å². The van der Waals surface area contributed by atoms with Crippen LogP contribution >= 0.6 is 11.6 Å². The van der Waals surface area contributed by atoms with Gasteiger partial charge in [0.2, 0.25) is 5.72 Å². The summed E-state index contributed by atoms with van der Waals surface area (Å²) >= 11 is 5.97. The molecule has 0 bridgehead atoms. The van der Waals surface area contributed by atoms with Gasteiger partial charge >= 0.3 is 5.97 Å². The number of benzene rings is 1. The average molecular weight is 334 g/mol. The fourth-order valence-corrected chi connectivity index (χ4v) is 3.74. The van der Waals surface area contributed by atoms with Gasteiger partial charge in [-0.3, -0.25) is 5.32 Å². The number of carbonyl (C=O) groups is 1. The fourth-order valence-electron chi connectivity index (χ4n) is 3.61. The Labute approximate surface area is 140 Å². The molecule has 1 heterocycles. The molecule has 0 amide bonds. The van der Waals surface area contributed by atoms with Crippen LogP contribution < -0.4 is 5.32 Å². The first-order valence-corrected chi connectivity index (χ1v) is 7.91. The minimum atomic E-state index is -1.78. The van der Waals surface area contributed by atoms with Crippen molar-refractivity contribution in [1.29, 1.82) is 0 Å². The number of aliphatic hydroxyl groups is 1. The first-order chi connectivity index (χ1) is 10.8. The van der Waals surface area contributed by atoms with Crippen LogP contribution in [0.5, 0.6) is 0 Å². The summed E-state index contributed by atoms with van der Waals surface area (Å²) in [7, 11) is 1.28. The number of nitrogens with one attached hydrogen (secondary N) is 1. The molecular weight excluding hydrogens is 314 g/mol. The minimum Gasteiger partial charge on any atom is -0.466 e. The Kier molecular flexibility index (Phi) is 3.87.